The van der Waals surface area contributed by atoms with Gasteiger partial charge in [0.15, 0.2) is 0 Å². The van der Waals surface area contributed by atoms with Crippen LogP contribution in [0.15, 0.2) is 0 Å². The van der Waals surface area contributed by atoms with Crippen molar-refractivity contribution in [3.8, 4) is 0 Å². The van der Waals surface area contributed by atoms with Gasteiger partial charge in [-0.2, -0.15) is 0 Å². The zero-order valence-corrected chi connectivity index (χ0v) is 13.2. The summed E-state index contributed by atoms with van der Waals surface area (Å²) >= 11 is 0. The molecule has 0 amide bonds. The lowest BCUT2D eigenvalue weighted by molar-refractivity contribution is 0.144. The van der Waals surface area contributed by atoms with Crippen LogP contribution >= 0.6 is 0 Å². The lowest BCUT2D eigenvalue weighted by atomic mass is 10.00. The van der Waals surface area contributed by atoms with Gasteiger partial charge in [-0.1, -0.05) is 32.1 Å². The van der Waals surface area contributed by atoms with Crippen molar-refractivity contribution in [3.63, 3.8) is 0 Å². The van der Waals surface area contributed by atoms with Crippen LogP contribution in [0.1, 0.15) is 71.6 Å². The highest BCUT2D eigenvalue weighted by atomic mass is 28.4. The predicted molar refractivity (Wildman–Crippen MR) is 78.1 cm³/mol. The van der Waals surface area contributed by atoms with E-state index in [-0.39, 0.29) is 0 Å². The van der Waals surface area contributed by atoms with Crippen LogP contribution in [0.5, 0.6) is 0 Å². The smallest absolute Gasteiger partial charge is 0.344 e. The van der Waals surface area contributed by atoms with E-state index in [2.05, 4.69) is 13.8 Å². The molecule has 2 aliphatic rings. The Morgan fingerprint density at radius 2 is 1.17 bits per heavy atom. The molecule has 2 fully saturated rings. The van der Waals surface area contributed by atoms with Crippen molar-refractivity contribution in [2.45, 2.75) is 82.7 Å². The van der Waals surface area contributed by atoms with E-state index in [4.69, 9.17) is 8.85 Å². The Balaban J connectivity index is 2.13. The minimum absolute atomic E-state index is 0.769. The van der Waals surface area contributed by atoms with Crippen LogP contribution in [0.25, 0.3) is 0 Å². The van der Waals surface area contributed by atoms with Crippen LogP contribution in [-0.4, -0.2) is 21.8 Å². The highest BCUT2D eigenvalue weighted by Crippen LogP contribution is 2.51. The second-order valence-corrected chi connectivity index (χ2v) is 9.56. The maximum Gasteiger partial charge on any atom is 0.344 e. The van der Waals surface area contributed by atoms with Crippen molar-refractivity contribution in [1.29, 1.82) is 0 Å². The zero-order valence-electron chi connectivity index (χ0n) is 12.2. The van der Waals surface area contributed by atoms with Gasteiger partial charge < -0.3 is 8.85 Å². The van der Waals surface area contributed by atoms with Gasteiger partial charge in [-0.25, -0.2) is 0 Å². The summed E-state index contributed by atoms with van der Waals surface area (Å²) < 4.78 is 12.8. The third-order valence-corrected chi connectivity index (χ3v) is 9.75. The first-order valence-corrected chi connectivity index (χ1v) is 10.1. The molecule has 0 aromatic carbocycles. The Morgan fingerprint density at radius 1 is 0.722 bits per heavy atom. The molecule has 0 aliphatic heterocycles. The normalized spacial score (nSPS) is 23.7. The number of hydrogen-bond acceptors (Lipinski definition) is 2. The molecule has 0 N–H and O–H groups in total. The Kier molecular flexibility index (Phi) is 5.71. The summed E-state index contributed by atoms with van der Waals surface area (Å²) in [5.41, 5.74) is 1.56. The Hall–Kier alpha value is 0.137. The minimum atomic E-state index is -1.94. The summed E-state index contributed by atoms with van der Waals surface area (Å²) in [6.07, 6.45) is 12.5. The lowest BCUT2D eigenvalue weighted by Gasteiger charge is -2.46. The minimum Gasteiger partial charge on any atom is -0.394 e. The van der Waals surface area contributed by atoms with E-state index < -0.39 is 8.56 Å². The van der Waals surface area contributed by atoms with E-state index in [1.165, 1.54) is 57.8 Å². The van der Waals surface area contributed by atoms with Crippen LogP contribution in [0.4, 0.5) is 0 Å². The average molecular weight is 270 g/mol. The molecular formula is C15H30O2Si. The van der Waals surface area contributed by atoms with E-state index >= 15 is 0 Å². The van der Waals surface area contributed by atoms with Gasteiger partial charge in [-0.3, -0.25) is 0 Å². The first-order valence-electron chi connectivity index (χ1n) is 8.11. The molecule has 0 aromatic rings. The van der Waals surface area contributed by atoms with E-state index in [1.54, 1.807) is 0 Å². The largest absolute Gasteiger partial charge is 0.394 e. The Morgan fingerprint density at radius 3 is 1.50 bits per heavy atom. The van der Waals surface area contributed by atoms with E-state index in [9.17, 15) is 0 Å². The fourth-order valence-corrected chi connectivity index (χ4v) is 8.81. The van der Waals surface area contributed by atoms with Crippen LogP contribution in [-0.2, 0) is 8.85 Å². The molecule has 2 nitrogen and oxygen atoms in total. The van der Waals surface area contributed by atoms with Gasteiger partial charge in [-0.05, 0) is 39.5 Å². The molecule has 106 valence electrons. The molecule has 0 saturated heterocycles. The molecule has 0 radical (unpaired) electrons. The lowest BCUT2D eigenvalue weighted by Crippen LogP contribution is -2.53. The monoisotopic (exact) mass is 270 g/mol. The number of rotatable bonds is 6. The maximum absolute atomic E-state index is 6.39. The van der Waals surface area contributed by atoms with Gasteiger partial charge in [0.2, 0.25) is 0 Å². The summed E-state index contributed by atoms with van der Waals surface area (Å²) in [5.74, 6) is 0. The van der Waals surface area contributed by atoms with Gasteiger partial charge >= 0.3 is 8.56 Å². The van der Waals surface area contributed by atoms with Crippen molar-refractivity contribution in [2.75, 3.05) is 13.2 Å². The van der Waals surface area contributed by atoms with Crippen molar-refractivity contribution < 1.29 is 8.85 Å². The second kappa shape index (κ2) is 7.06. The average Bonchev–Trinajstić information content (AvgIpc) is 2.55. The van der Waals surface area contributed by atoms with Gasteiger partial charge in [0.05, 0.1) is 0 Å². The fraction of sp³-hybridized carbons (Fsp3) is 1.00. The number of hydrogen-bond donors (Lipinski definition) is 0. The summed E-state index contributed by atoms with van der Waals surface area (Å²) in [4.78, 5) is 0. The zero-order chi connectivity index (χ0) is 12.8. The van der Waals surface area contributed by atoms with Crippen LogP contribution in [0, 0.1) is 0 Å². The predicted octanol–water partition coefficient (Wildman–Crippen LogP) is 4.78. The molecule has 0 spiro atoms. The summed E-state index contributed by atoms with van der Waals surface area (Å²) in [6, 6.07) is 0. The Bertz CT molecular complexity index is 227. The molecule has 2 rings (SSSR count). The molecule has 0 heterocycles. The van der Waals surface area contributed by atoms with Crippen LogP contribution in [0.2, 0.25) is 11.1 Å². The van der Waals surface area contributed by atoms with Crippen molar-refractivity contribution in [2.24, 2.45) is 0 Å². The molecule has 0 bridgehead atoms. The highest BCUT2D eigenvalue weighted by Gasteiger charge is 2.53. The quantitative estimate of drug-likeness (QED) is 0.511. The first kappa shape index (κ1) is 14.5. The summed E-state index contributed by atoms with van der Waals surface area (Å²) in [5, 5.41) is 0. The summed E-state index contributed by atoms with van der Waals surface area (Å²) in [6.45, 7) is 5.99. The van der Waals surface area contributed by atoms with E-state index in [1.807, 2.05) is 0 Å². The second-order valence-electron chi connectivity index (χ2n) is 5.90. The SMILES string of the molecule is CCO[Si](OCC)(C1CCCCCC1)C1CCC1. The fourth-order valence-electron chi connectivity index (χ4n) is 3.79. The topological polar surface area (TPSA) is 18.5 Å². The summed E-state index contributed by atoms with van der Waals surface area (Å²) in [7, 11) is -1.94. The van der Waals surface area contributed by atoms with Gasteiger partial charge in [-0.15, -0.1) is 0 Å². The molecule has 3 heteroatoms. The van der Waals surface area contributed by atoms with Crippen LogP contribution < -0.4 is 0 Å². The van der Waals surface area contributed by atoms with Gasteiger partial charge in [0.1, 0.15) is 0 Å². The standard InChI is InChI=1S/C15H30O2Si/c1-3-16-18(17-4-2,15-12-9-13-15)14-10-7-5-6-8-11-14/h14-15H,3-13H2,1-2H3. The van der Waals surface area contributed by atoms with Crippen molar-refractivity contribution in [3.05, 3.63) is 0 Å². The van der Waals surface area contributed by atoms with Crippen molar-refractivity contribution in [1.82, 2.24) is 0 Å². The Labute approximate surface area is 114 Å². The third-order valence-electron chi connectivity index (χ3n) is 4.84. The highest BCUT2D eigenvalue weighted by molar-refractivity contribution is 6.70. The van der Waals surface area contributed by atoms with E-state index in [0.29, 0.717) is 0 Å². The molecule has 18 heavy (non-hydrogen) atoms. The van der Waals surface area contributed by atoms with E-state index in [0.717, 1.165) is 24.3 Å². The van der Waals surface area contributed by atoms with Gasteiger partial charge in [0.25, 0.3) is 0 Å². The first-order chi connectivity index (χ1) is 8.83. The molecule has 0 atom stereocenters. The molecular weight excluding hydrogens is 240 g/mol. The molecule has 0 aromatic heterocycles. The molecule has 2 aliphatic carbocycles. The van der Waals surface area contributed by atoms with Gasteiger partial charge in [0, 0.05) is 24.3 Å². The maximum atomic E-state index is 6.39. The molecule has 0 unspecified atom stereocenters. The van der Waals surface area contributed by atoms with Crippen molar-refractivity contribution >= 4 is 8.56 Å². The van der Waals surface area contributed by atoms with Crippen LogP contribution in [0.3, 0.4) is 0 Å². The third kappa shape index (κ3) is 2.99. The molecule has 2 saturated carbocycles.